The molecule has 0 unspecified atom stereocenters. The van der Waals surface area contributed by atoms with E-state index in [-0.39, 0.29) is 24.0 Å². The summed E-state index contributed by atoms with van der Waals surface area (Å²) < 4.78 is 16.5. The number of guanidine groups is 1. The number of aliphatic imine (C=N–C) groups is 1. The molecule has 0 radical (unpaired) electrons. The van der Waals surface area contributed by atoms with E-state index in [2.05, 4.69) is 21.7 Å². The molecular formula is C19H32IN3O3. The molecule has 26 heavy (non-hydrogen) atoms. The van der Waals surface area contributed by atoms with Gasteiger partial charge >= 0.3 is 0 Å². The third-order valence-corrected chi connectivity index (χ3v) is 4.18. The van der Waals surface area contributed by atoms with Crippen LogP contribution in [0.4, 0.5) is 0 Å². The predicted octanol–water partition coefficient (Wildman–Crippen LogP) is 2.95. The van der Waals surface area contributed by atoms with E-state index in [0.29, 0.717) is 32.5 Å². The molecule has 6 nitrogen and oxygen atoms in total. The Balaban J connectivity index is 0.00000338. The highest BCUT2D eigenvalue weighted by atomic mass is 127. The van der Waals surface area contributed by atoms with E-state index in [1.165, 1.54) is 6.42 Å². The van der Waals surface area contributed by atoms with Gasteiger partial charge in [0.2, 0.25) is 0 Å². The standard InChI is InChI=1S/C19H31N3O3.HI/c1-20-19(21-11-6-12-24-14-13-23-2)22-15-16-7-3-4-10-18(16)25-17-8-5-9-17;/h3-4,7,10,17H,5-6,8-9,11-15H2,1-2H3,(H2,20,21,22);1H. The number of rotatable bonds is 11. The van der Waals surface area contributed by atoms with Gasteiger partial charge in [0.1, 0.15) is 5.75 Å². The van der Waals surface area contributed by atoms with Gasteiger partial charge in [0.15, 0.2) is 5.96 Å². The van der Waals surface area contributed by atoms with E-state index in [9.17, 15) is 0 Å². The number of nitrogens with zero attached hydrogens (tertiary/aromatic N) is 1. The number of nitrogens with one attached hydrogen (secondary N) is 2. The monoisotopic (exact) mass is 477 g/mol. The Morgan fingerprint density at radius 2 is 1.96 bits per heavy atom. The van der Waals surface area contributed by atoms with Crippen LogP contribution in [0.5, 0.6) is 5.75 Å². The zero-order chi connectivity index (χ0) is 17.7. The van der Waals surface area contributed by atoms with Crippen LogP contribution in [-0.2, 0) is 16.0 Å². The second-order valence-electron chi connectivity index (χ2n) is 6.09. The molecule has 1 aliphatic carbocycles. The number of ether oxygens (including phenoxy) is 3. The van der Waals surface area contributed by atoms with Gasteiger partial charge in [-0.3, -0.25) is 4.99 Å². The highest BCUT2D eigenvalue weighted by Crippen LogP contribution is 2.27. The quantitative estimate of drug-likeness (QED) is 0.222. The molecule has 7 heteroatoms. The smallest absolute Gasteiger partial charge is 0.191 e. The Labute approximate surface area is 174 Å². The lowest BCUT2D eigenvalue weighted by Gasteiger charge is -2.27. The Morgan fingerprint density at radius 1 is 1.15 bits per heavy atom. The van der Waals surface area contributed by atoms with Crippen LogP contribution in [0.3, 0.4) is 0 Å². The fourth-order valence-corrected chi connectivity index (χ4v) is 2.46. The van der Waals surface area contributed by atoms with Gasteiger partial charge in [-0.15, -0.1) is 24.0 Å². The van der Waals surface area contributed by atoms with E-state index < -0.39 is 0 Å². The average Bonchev–Trinajstić information content (AvgIpc) is 2.60. The van der Waals surface area contributed by atoms with Crippen molar-refractivity contribution in [3.05, 3.63) is 29.8 Å². The molecule has 1 aliphatic rings. The molecule has 1 fully saturated rings. The molecular weight excluding hydrogens is 445 g/mol. The Hall–Kier alpha value is -1.06. The van der Waals surface area contributed by atoms with Gasteiger partial charge in [-0.25, -0.2) is 0 Å². The van der Waals surface area contributed by atoms with E-state index >= 15 is 0 Å². The molecule has 1 aromatic rings. The molecule has 0 bridgehead atoms. The summed E-state index contributed by atoms with van der Waals surface area (Å²) in [5, 5.41) is 6.64. The van der Waals surface area contributed by atoms with Crippen molar-refractivity contribution in [3.8, 4) is 5.75 Å². The Kier molecular flexibility index (Phi) is 12.4. The highest BCUT2D eigenvalue weighted by Gasteiger charge is 2.20. The van der Waals surface area contributed by atoms with Crippen LogP contribution in [0.1, 0.15) is 31.2 Å². The van der Waals surface area contributed by atoms with Crippen molar-refractivity contribution in [1.82, 2.24) is 10.6 Å². The maximum atomic E-state index is 6.07. The van der Waals surface area contributed by atoms with Crippen LogP contribution in [-0.4, -0.2) is 52.6 Å². The molecule has 0 heterocycles. The van der Waals surface area contributed by atoms with Gasteiger partial charge in [0.25, 0.3) is 0 Å². The van der Waals surface area contributed by atoms with Crippen molar-refractivity contribution < 1.29 is 14.2 Å². The molecule has 2 N–H and O–H groups in total. The van der Waals surface area contributed by atoms with Gasteiger partial charge in [-0.2, -0.15) is 0 Å². The largest absolute Gasteiger partial charge is 0.490 e. The van der Waals surface area contributed by atoms with Gasteiger partial charge in [-0.1, -0.05) is 18.2 Å². The fourth-order valence-electron chi connectivity index (χ4n) is 2.46. The zero-order valence-electron chi connectivity index (χ0n) is 15.8. The van der Waals surface area contributed by atoms with Crippen molar-refractivity contribution in [2.24, 2.45) is 4.99 Å². The fraction of sp³-hybridized carbons (Fsp3) is 0.632. The first-order chi connectivity index (χ1) is 12.3. The number of para-hydroxylation sites is 1. The summed E-state index contributed by atoms with van der Waals surface area (Å²) >= 11 is 0. The lowest BCUT2D eigenvalue weighted by Crippen LogP contribution is -2.37. The third kappa shape index (κ3) is 8.55. The van der Waals surface area contributed by atoms with Crippen molar-refractivity contribution in [3.63, 3.8) is 0 Å². The van der Waals surface area contributed by atoms with E-state index in [4.69, 9.17) is 14.2 Å². The minimum absolute atomic E-state index is 0. The molecule has 0 amide bonds. The summed E-state index contributed by atoms with van der Waals surface area (Å²) in [4.78, 5) is 4.26. The van der Waals surface area contributed by atoms with Crippen LogP contribution in [0.2, 0.25) is 0 Å². The molecule has 0 atom stereocenters. The summed E-state index contributed by atoms with van der Waals surface area (Å²) in [6, 6.07) is 8.20. The number of halogens is 1. The summed E-state index contributed by atoms with van der Waals surface area (Å²) in [7, 11) is 3.46. The zero-order valence-corrected chi connectivity index (χ0v) is 18.2. The van der Waals surface area contributed by atoms with Crippen LogP contribution < -0.4 is 15.4 Å². The van der Waals surface area contributed by atoms with Crippen molar-refractivity contribution in [2.75, 3.05) is 40.5 Å². The van der Waals surface area contributed by atoms with Gasteiger partial charge in [-0.05, 0) is 31.7 Å². The molecule has 2 rings (SSSR count). The summed E-state index contributed by atoms with van der Waals surface area (Å²) in [5.41, 5.74) is 1.15. The first kappa shape index (κ1) is 23.0. The van der Waals surface area contributed by atoms with Gasteiger partial charge in [0, 0.05) is 39.4 Å². The Bertz CT molecular complexity index is 525. The van der Waals surface area contributed by atoms with Crippen LogP contribution in [0, 0.1) is 0 Å². The molecule has 0 saturated heterocycles. The maximum absolute atomic E-state index is 6.07. The minimum Gasteiger partial charge on any atom is -0.490 e. The van der Waals surface area contributed by atoms with Crippen molar-refractivity contribution in [2.45, 2.75) is 38.3 Å². The van der Waals surface area contributed by atoms with E-state index in [1.807, 2.05) is 18.2 Å². The highest BCUT2D eigenvalue weighted by molar-refractivity contribution is 14.0. The van der Waals surface area contributed by atoms with Crippen molar-refractivity contribution >= 4 is 29.9 Å². The number of methoxy groups -OCH3 is 1. The molecule has 1 aromatic carbocycles. The van der Waals surface area contributed by atoms with Crippen molar-refractivity contribution in [1.29, 1.82) is 0 Å². The lowest BCUT2D eigenvalue weighted by molar-refractivity contribution is 0.0698. The van der Waals surface area contributed by atoms with Gasteiger partial charge in [0.05, 0.1) is 19.3 Å². The molecule has 148 valence electrons. The third-order valence-electron chi connectivity index (χ3n) is 4.18. The maximum Gasteiger partial charge on any atom is 0.191 e. The number of hydrogen-bond donors (Lipinski definition) is 2. The molecule has 1 saturated carbocycles. The normalized spacial score (nSPS) is 14.3. The molecule has 0 spiro atoms. The lowest BCUT2D eigenvalue weighted by atomic mass is 9.96. The molecule has 0 aliphatic heterocycles. The first-order valence-electron chi connectivity index (χ1n) is 9.09. The SMILES string of the molecule is CN=C(NCCCOCCOC)NCc1ccccc1OC1CCC1.I. The van der Waals surface area contributed by atoms with Gasteiger partial charge < -0.3 is 24.8 Å². The first-order valence-corrected chi connectivity index (χ1v) is 9.09. The van der Waals surface area contributed by atoms with Crippen LogP contribution in [0.15, 0.2) is 29.3 Å². The van der Waals surface area contributed by atoms with E-state index in [0.717, 1.165) is 43.1 Å². The van der Waals surface area contributed by atoms with E-state index in [1.54, 1.807) is 14.2 Å². The number of hydrogen-bond acceptors (Lipinski definition) is 4. The summed E-state index contributed by atoms with van der Waals surface area (Å²) in [5.74, 6) is 1.76. The molecule has 0 aromatic heterocycles. The second kappa shape index (κ2) is 14.1. The summed E-state index contributed by atoms with van der Waals surface area (Å²) in [6.45, 7) is 3.49. The number of benzene rings is 1. The second-order valence-corrected chi connectivity index (χ2v) is 6.09. The predicted molar refractivity (Wildman–Crippen MR) is 116 cm³/mol. The van der Waals surface area contributed by atoms with Crippen LogP contribution in [0.25, 0.3) is 0 Å². The Morgan fingerprint density at radius 3 is 2.65 bits per heavy atom. The van der Waals surface area contributed by atoms with Crippen LogP contribution >= 0.6 is 24.0 Å². The summed E-state index contributed by atoms with van der Waals surface area (Å²) in [6.07, 6.45) is 4.91. The topological polar surface area (TPSA) is 64.1 Å². The minimum atomic E-state index is 0. The average molecular weight is 477 g/mol.